The molecule has 0 spiro atoms. The summed E-state index contributed by atoms with van der Waals surface area (Å²) >= 11 is 0. The smallest absolute Gasteiger partial charge is 0.320 e. The Morgan fingerprint density at radius 1 is 1.22 bits per heavy atom. The second kappa shape index (κ2) is 5.91. The maximum atomic E-state index is 12.6. The van der Waals surface area contributed by atoms with Crippen LogP contribution in [0, 0.1) is 5.92 Å². The standard InChI is InChI=1S/C14H27N3O/c1-12-6-4-8-16(10-12)14(18)17-9-5-7-13(17)11-15(2)3/h12-13H,4-11H2,1-3H3. The Hall–Kier alpha value is -0.770. The molecule has 4 nitrogen and oxygen atoms in total. The zero-order valence-electron chi connectivity index (χ0n) is 12.1. The van der Waals surface area contributed by atoms with Gasteiger partial charge in [0.1, 0.15) is 0 Å². The van der Waals surface area contributed by atoms with Crippen molar-refractivity contribution in [2.24, 2.45) is 5.92 Å². The molecule has 2 aliphatic heterocycles. The third-order valence-corrected chi connectivity index (χ3v) is 4.13. The SMILES string of the molecule is CC1CCCN(C(=O)N2CCCC2CN(C)C)C1. The van der Waals surface area contributed by atoms with Crippen molar-refractivity contribution in [2.45, 2.75) is 38.6 Å². The minimum absolute atomic E-state index is 0.283. The normalized spacial score (nSPS) is 29.1. The Morgan fingerprint density at radius 3 is 2.61 bits per heavy atom. The van der Waals surface area contributed by atoms with E-state index in [-0.39, 0.29) is 6.03 Å². The summed E-state index contributed by atoms with van der Waals surface area (Å²) in [5.74, 6) is 0.664. The number of likely N-dealkylation sites (N-methyl/N-ethyl adjacent to an activating group) is 1. The number of carbonyl (C=O) groups is 1. The van der Waals surface area contributed by atoms with Gasteiger partial charge in [0.15, 0.2) is 0 Å². The maximum Gasteiger partial charge on any atom is 0.320 e. The van der Waals surface area contributed by atoms with Crippen LogP contribution in [0.15, 0.2) is 0 Å². The third-order valence-electron chi connectivity index (χ3n) is 4.13. The van der Waals surface area contributed by atoms with Crippen LogP contribution in [0.25, 0.3) is 0 Å². The molecule has 0 radical (unpaired) electrons. The molecule has 18 heavy (non-hydrogen) atoms. The molecule has 2 fully saturated rings. The Morgan fingerprint density at radius 2 is 1.94 bits per heavy atom. The minimum atomic E-state index is 0.283. The minimum Gasteiger partial charge on any atom is -0.324 e. The molecule has 2 heterocycles. The van der Waals surface area contributed by atoms with Crippen LogP contribution in [-0.2, 0) is 0 Å². The Bertz CT molecular complexity index is 293. The van der Waals surface area contributed by atoms with Gasteiger partial charge in [-0.25, -0.2) is 4.79 Å². The van der Waals surface area contributed by atoms with E-state index in [4.69, 9.17) is 0 Å². The van der Waals surface area contributed by atoms with Crippen molar-refractivity contribution >= 4 is 6.03 Å². The van der Waals surface area contributed by atoms with E-state index in [1.54, 1.807) is 0 Å². The topological polar surface area (TPSA) is 26.8 Å². The lowest BCUT2D eigenvalue weighted by atomic mass is 10.0. The fraction of sp³-hybridized carbons (Fsp3) is 0.929. The van der Waals surface area contributed by atoms with Gasteiger partial charge in [0.2, 0.25) is 0 Å². The molecule has 2 rings (SSSR count). The van der Waals surface area contributed by atoms with Crippen LogP contribution in [0.3, 0.4) is 0 Å². The number of rotatable bonds is 2. The second-order valence-electron chi connectivity index (χ2n) is 6.23. The zero-order valence-corrected chi connectivity index (χ0v) is 12.1. The van der Waals surface area contributed by atoms with E-state index < -0.39 is 0 Å². The highest BCUT2D eigenvalue weighted by Gasteiger charge is 2.33. The molecule has 2 saturated heterocycles. The summed E-state index contributed by atoms with van der Waals surface area (Å²) in [4.78, 5) is 18.9. The number of nitrogens with zero attached hydrogens (tertiary/aromatic N) is 3. The lowest BCUT2D eigenvalue weighted by molar-refractivity contribution is 0.121. The van der Waals surface area contributed by atoms with Gasteiger partial charge >= 0.3 is 6.03 Å². The van der Waals surface area contributed by atoms with E-state index in [1.165, 1.54) is 12.8 Å². The molecule has 2 atom stereocenters. The van der Waals surface area contributed by atoms with Gasteiger partial charge in [0.05, 0.1) is 0 Å². The molecule has 0 aromatic carbocycles. The highest BCUT2D eigenvalue weighted by molar-refractivity contribution is 5.75. The summed E-state index contributed by atoms with van der Waals surface area (Å²) in [6, 6.07) is 0.704. The van der Waals surface area contributed by atoms with Crippen molar-refractivity contribution in [1.82, 2.24) is 14.7 Å². The van der Waals surface area contributed by atoms with Crippen LogP contribution in [0.2, 0.25) is 0 Å². The molecule has 4 heteroatoms. The number of hydrogen-bond donors (Lipinski definition) is 0. The van der Waals surface area contributed by atoms with Crippen molar-refractivity contribution in [2.75, 3.05) is 40.3 Å². The third kappa shape index (κ3) is 3.16. The number of carbonyl (C=O) groups excluding carboxylic acids is 1. The first-order chi connectivity index (χ1) is 8.58. The molecule has 0 bridgehead atoms. The van der Waals surface area contributed by atoms with Crippen molar-refractivity contribution in [3.8, 4) is 0 Å². The molecule has 0 aromatic heterocycles. The van der Waals surface area contributed by atoms with Gasteiger partial charge in [-0.15, -0.1) is 0 Å². The first-order valence-electron chi connectivity index (χ1n) is 7.28. The second-order valence-corrected chi connectivity index (χ2v) is 6.23. The predicted molar refractivity (Wildman–Crippen MR) is 73.6 cm³/mol. The molecule has 0 aliphatic carbocycles. The number of piperidine rings is 1. The molecule has 2 aliphatic rings. The monoisotopic (exact) mass is 253 g/mol. The molecule has 0 N–H and O–H groups in total. The Labute approximate surface area is 111 Å². The molecule has 104 valence electrons. The molecular weight excluding hydrogens is 226 g/mol. The molecule has 2 unspecified atom stereocenters. The van der Waals surface area contributed by atoms with E-state index in [2.05, 4.69) is 35.7 Å². The van der Waals surface area contributed by atoms with Crippen molar-refractivity contribution in [3.63, 3.8) is 0 Å². The lowest BCUT2D eigenvalue weighted by Crippen LogP contribution is -2.50. The Kier molecular flexibility index (Phi) is 4.49. The summed E-state index contributed by atoms with van der Waals surface area (Å²) in [6.07, 6.45) is 4.75. The van der Waals surface area contributed by atoms with Crippen molar-refractivity contribution in [3.05, 3.63) is 0 Å². The first-order valence-corrected chi connectivity index (χ1v) is 7.28. The quantitative estimate of drug-likeness (QED) is 0.751. The number of likely N-dealkylation sites (tertiary alicyclic amines) is 2. The zero-order chi connectivity index (χ0) is 13.1. The first kappa shape index (κ1) is 13.7. The molecule has 0 saturated carbocycles. The van der Waals surface area contributed by atoms with Crippen molar-refractivity contribution in [1.29, 1.82) is 0 Å². The molecule has 2 amide bonds. The fourth-order valence-electron chi connectivity index (χ4n) is 3.24. The molecule has 0 aromatic rings. The average molecular weight is 253 g/mol. The Balaban J connectivity index is 1.94. The van der Waals surface area contributed by atoms with Crippen LogP contribution in [0.4, 0.5) is 4.79 Å². The lowest BCUT2D eigenvalue weighted by Gasteiger charge is -2.36. The highest BCUT2D eigenvalue weighted by Crippen LogP contribution is 2.23. The number of amides is 2. The van der Waals surface area contributed by atoms with E-state index in [9.17, 15) is 4.79 Å². The van der Waals surface area contributed by atoms with Crippen molar-refractivity contribution < 1.29 is 4.79 Å². The number of hydrogen-bond acceptors (Lipinski definition) is 2. The van der Waals surface area contributed by atoms with Gasteiger partial charge in [-0.3, -0.25) is 0 Å². The summed E-state index contributed by atoms with van der Waals surface area (Å²) in [7, 11) is 4.17. The maximum absolute atomic E-state index is 12.6. The van der Waals surface area contributed by atoms with Gasteiger partial charge in [0.25, 0.3) is 0 Å². The van der Waals surface area contributed by atoms with Crippen LogP contribution < -0.4 is 0 Å². The van der Waals surface area contributed by atoms with Crippen LogP contribution in [0.1, 0.15) is 32.6 Å². The van der Waals surface area contributed by atoms with Gasteiger partial charge in [-0.05, 0) is 45.7 Å². The van der Waals surface area contributed by atoms with Gasteiger partial charge in [0, 0.05) is 32.2 Å². The van der Waals surface area contributed by atoms with E-state index in [0.717, 1.165) is 39.0 Å². The number of urea groups is 1. The van der Waals surface area contributed by atoms with Gasteiger partial charge < -0.3 is 14.7 Å². The highest BCUT2D eigenvalue weighted by atomic mass is 16.2. The summed E-state index contributed by atoms with van der Waals surface area (Å²) in [6.45, 7) is 6.09. The summed E-state index contributed by atoms with van der Waals surface area (Å²) < 4.78 is 0. The van der Waals surface area contributed by atoms with E-state index in [1.807, 2.05) is 0 Å². The summed E-state index contributed by atoms with van der Waals surface area (Å²) in [5, 5.41) is 0. The average Bonchev–Trinajstić information content (AvgIpc) is 2.75. The predicted octanol–water partition coefficient (Wildman–Crippen LogP) is 1.86. The fourth-order valence-corrected chi connectivity index (χ4v) is 3.24. The van der Waals surface area contributed by atoms with E-state index in [0.29, 0.717) is 12.0 Å². The van der Waals surface area contributed by atoms with E-state index >= 15 is 0 Å². The van der Waals surface area contributed by atoms with Gasteiger partial charge in [-0.1, -0.05) is 6.92 Å². The molecular formula is C14H27N3O. The van der Waals surface area contributed by atoms with Crippen LogP contribution >= 0.6 is 0 Å². The van der Waals surface area contributed by atoms with Gasteiger partial charge in [-0.2, -0.15) is 0 Å². The van der Waals surface area contributed by atoms with Crippen LogP contribution in [-0.4, -0.2) is 67.0 Å². The largest absolute Gasteiger partial charge is 0.324 e. The van der Waals surface area contributed by atoms with Crippen LogP contribution in [0.5, 0.6) is 0 Å². The summed E-state index contributed by atoms with van der Waals surface area (Å²) in [5.41, 5.74) is 0.